The molecular formula is C22H29N3O2. The summed E-state index contributed by atoms with van der Waals surface area (Å²) in [6, 6.07) is 17.9. The number of amides is 1. The van der Waals surface area contributed by atoms with Gasteiger partial charge in [0.2, 0.25) is 5.91 Å². The van der Waals surface area contributed by atoms with Gasteiger partial charge in [0.1, 0.15) is 12.4 Å². The zero-order valence-electron chi connectivity index (χ0n) is 16.1. The van der Waals surface area contributed by atoms with Gasteiger partial charge in [-0.25, -0.2) is 0 Å². The summed E-state index contributed by atoms with van der Waals surface area (Å²) in [7, 11) is 0. The summed E-state index contributed by atoms with van der Waals surface area (Å²) in [5, 5.41) is 3.06. The summed E-state index contributed by atoms with van der Waals surface area (Å²) < 4.78 is 5.77. The number of ether oxygens (including phenoxy) is 1. The second-order valence-electron chi connectivity index (χ2n) is 6.84. The average molecular weight is 367 g/mol. The number of aryl methyl sites for hydroxylation is 1. The maximum Gasteiger partial charge on any atom is 0.238 e. The number of hydrogen-bond acceptors (Lipinski definition) is 4. The number of hydrogen-bond donors (Lipinski definition) is 1. The van der Waals surface area contributed by atoms with Crippen molar-refractivity contribution in [1.82, 2.24) is 9.80 Å². The predicted octanol–water partition coefficient (Wildman–Crippen LogP) is 2.88. The van der Waals surface area contributed by atoms with Crippen LogP contribution in [0.5, 0.6) is 5.75 Å². The largest absolute Gasteiger partial charge is 0.492 e. The number of piperazine rings is 1. The Morgan fingerprint density at radius 3 is 2.37 bits per heavy atom. The van der Waals surface area contributed by atoms with Crippen LogP contribution in [0.2, 0.25) is 0 Å². The Morgan fingerprint density at radius 1 is 0.963 bits per heavy atom. The van der Waals surface area contributed by atoms with Gasteiger partial charge >= 0.3 is 0 Å². The third kappa shape index (κ3) is 6.08. The van der Waals surface area contributed by atoms with Crippen LogP contribution in [0.3, 0.4) is 0 Å². The van der Waals surface area contributed by atoms with E-state index < -0.39 is 0 Å². The molecule has 1 aliphatic heterocycles. The molecular weight excluding hydrogens is 338 g/mol. The fourth-order valence-corrected chi connectivity index (χ4v) is 3.32. The van der Waals surface area contributed by atoms with Gasteiger partial charge in [-0.3, -0.25) is 14.6 Å². The molecule has 144 valence electrons. The number of para-hydroxylation sites is 2. The van der Waals surface area contributed by atoms with Crippen molar-refractivity contribution < 1.29 is 9.53 Å². The number of nitrogens with zero attached hydrogens (tertiary/aromatic N) is 2. The van der Waals surface area contributed by atoms with E-state index in [2.05, 4.69) is 28.1 Å². The maximum atomic E-state index is 12.4. The highest BCUT2D eigenvalue weighted by Gasteiger charge is 2.19. The first-order chi connectivity index (χ1) is 13.2. The van der Waals surface area contributed by atoms with Crippen LogP contribution in [0.4, 0.5) is 5.69 Å². The lowest BCUT2D eigenvalue weighted by atomic mass is 10.1. The van der Waals surface area contributed by atoms with Crippen molar-refractivity contribution >= 4 is 11.6 Å². The Morgan fingerprint density at radius 2 is 1.63 bits per heavy atom. The summed E-state index contributed by atoms with van der Waals surface area (Å²) >= 11 is 0. The van der Waals surface area contributed by atoms with Gasteiger partial charge in [0, 0.05) is 38.4 Å². The molecule has 27 heavy (non-hydrogen) atoms. The molecule has 0 aliphatic carbocycles. The van der Waals surface area contributed by atoms with Crippen molar-refractivity contribution in [3.05, 3.63) is 60.2 Å². The van der Waals surface area contributed by atoms with Crippen LogP contribution in [0, 0.1) is 0 Å². The van der Waals surface area contributed by atoms with E-state index in [-0.39, 0.29) is 5.91 Å². The first kappa shape index (κ1) is 19.4. The number of anilines is 1. The van der Waals surface area contributed by atoms with Crippen LogP contribution >= 0.6 is 0 Å². The van der Waals surface area contributed by atoms with Gasteiger partial charge < -0.3 is 10.1 Å². The minimum atomic E-state index is 0.0664. The second kappa shape index (κ2) is 10.1. The Kier molecular flexibility index (Phi) is 7.25. The fourth-order valence-electron chi connectivity index (χ4n) is 3.32. The predicted molar refractivity (Wildman–Crippen MR) is 109 cm³/mol. The molecule has 0 aromatic heterocycles. The third-order valence-electron chi connectivity index (χ3n) is 4.92. The number of nitrogens with one attached hydrogen (secondary N) is 1. The minimum absolute atomic E-state index is 0.0664. The maximum absolute atomic E-state index is 12.4. The first-order valence-corrected chi connectivity index (χ1v) is 9.75. The molecule has 3 rings (SSSR count). The fraction of sp³-hybridized carbons (Fsp3) is 0.409. The molecule has 0 radical (unpaired) electrons. The summed E-state index contributed by atoms with van der Waals surface area (Å²) in [5.74, 6) is 0.983. The zero-order valence-corrected chi connectivity index (χ0v) is 16.1. The Labute approximate surface area is 161 Å². The van der Waals surface area contributed by atoms with Crippen LogP contribution < -0.4 is 10.1 Å². The Balaban J connectivity index is 1.36. The molecule has 0 saturated carbocycles. The van der Waals surface area contributed by atoms with E-state index in [4.69, 9.17) is 4.74 Å². The smallest absolute Gasteiger partial charge is 0.238 e. The van der Waals surface area contributed by atoms with Crippen molar-refractivity contribution in [1.29, 1.82) is 0 Å². The Bertz CT molecular complexity index is 713. The lowest BCUT2D eigenvalue weighted by Crippen LogP contribution is -2.49. The molecule has 5 nitrogen and oxygen atoms in total. The molecule has 1 saturated heterocycles. The molecule has 1 fully saturated rings. The van der Waals surface area contributed by atoms with Crippen LogP contribution in [0.1, 0.15) is 12.5 Å². The summed E-state index contributed by atoms with van der Waals surface area (Å²) in [6.45, 7) is 7.92. The van der Waals surface area contributed by atoms with Crippen molar-refractivity contribution in [2.45, 2.75) is 13.3 Å². The van der Waals surface area contributed by atoms with Gasteiger partial charge in [-0.2, -0.15) is 0 Å². The summed E-state index contributed by atoms with van der Waals surface area (Å²) in [6.07, 6.45) is 0.917. The van der Waals surface area contributed by atoms with Crippen molar-refractivity contribution in [3.8, 4) is 5.75 Å². The average Bonchev–Trinajstić information content (AvgIpc) is 2.70. The van der Waals surface area contributed by atoms with E-state index in [1.807, 2.05) is 48.5 Å². The van der Waals surface area contributed by atoms with Gasteiger partial charge in [-0.1, -0.05) is 43.3 Å². The van der Waals surface area contributed by atoms with E-state index in [0.717, 1.165) is 50.6 Å². The van der Waals surface area contributed by atoms with E-state index in [9.17, 15) is 4.79 Å². The third-order valence-corrected chi connectivity index (χ3v) is 4.92. The molecule has 1 heterocycles. The highest BCUT2D eigenvalue weighted by Crippen LogP contribution is 2.15. The zero-order chi connectivity index (χ0) is 18.9. The number of carbonyl (C=O) groups is 1. The quantitative estimate of drug-likeness (QED) is 0.779. The van der Waals surface area contributed by atoms with Crippen molar-refractivity contribution in [3.63, 3.8) is 0 Å². The molecule has 1 amide bonds. The van der Waals surface area contributed by atoms with E-state index in [1.54, 1.807) is 0 Å². The highest BCUT2D eigenvalue weighted by molar-refractivity contribution is 5.93. The van der Waals surface area contributed by atoms with Crippen molar-refractivity contribution in [2.75, 3.05) is 51.2 Å². The molecule has 2 aromatic rings. The highest BCUT2D eigenvalue weighted by atomic mass is 16.5. The van der Waals surface area contributed by atoms with Gasteiger partial charge in [-0.15, -0.1) is 0 Å². The molecule has 0 spiro atoms. The number of rotatable bonds is 8. The van der Waals surface area contributed by atoms with E-state index in [0.29, 0.717) is 13.2 Å². The van der Waals surface area contributed by atoms with Crippen LogP contribution in [0.25, 0.3) is 0 Å². The molecule has 0 bridgehead atoms. The van der Waals surface area contributed by atoms with E-state index in [1.165, 1.54) is 5.56 Å². The molecule has 5 heteroatoms. The van der Waals surface area contributed by atoms with Crippen LogP contribution in [-0.2, 0) is 11.2 Å². The number of benzene rings is 2. The second-order valence-corrected chi connectivity index (χ2v) is 6.84. The standard InChI is InChI=1S/C22H29N3O2/c1-2-19-8-6-7-11-21(19)23-22(26)18-25-14-12-24(13-15-25)16-17-27-20-9-4-3-5-10-20/h3-11H,2,12-18H2,1H3,(H,23,26). The first-order valence-electron chi connectivity index (χ1n) is 9.75. The Hall–Kier alpha value is -2.37. The van der Waals surface area contributed by atoms with Crippen LogP contribution in [0.15, 0.2) is 54.6 Å². The summed E-state index contributed by atoms with van der Waals surface area (Å²) in [4.78, 5) is 17.0. The lowest BCUT2D eigenvalue weighted by molar-refractivity contribution is -0.117. The van der Waals surface area contributed by atoms with Crippen molar-refractivity contribution in [2.24, 2.45) is 0 Å². The normalized spacial score (nSPS) is 15.4. The SMILES string of the molecule is CCc1ccccc1NC(=O)CN1CCN(CCOc2ccccc2)CC1. The molecule has 0 atom stereocenters. The van der Waals surface area contributed by atoms with Crippen LogP contribution in [-0.4, -0.2) is 61.6 Å². The molecule has 1 aliphatic rings. The minimum Gasteiger partial charge on any atom is -0.492 e. The monoisotopic (exact) mass is 367 g/mol. The van der Waals surface area contributed by atoms with Gasteiger partial charge in [0.15, 0.2) is 0 Å². The molecule has 1 N–H and O–H groups in total. The number of carbonyl (C=O) groups excluding carboxylic acids is 1. The molecule has 2 aromatic carbocycles. The van der Waals surface area contributed by atoms with Gasteiger partial charge in [0.05, 0.1) is 6.54 Å². The molecule has 0 unspecified atom stereocenters. The van der Waals surface area contributed by atoms with Gasteiger partial charge in [0.25, 0.3) is 0 Å². The van der Waals surface area contributed by atoms with Gasteiger partial charge in [-0.05, 0) is 30.2 Å². The lowest BCUT2D eigenvalue weighted by Gasteiger charge is -2.34. The summed E-state index contributed by atoms with van der Waals surface area (Å²) in [5.41, 5.74) is 2.11. The van der Waals surface area contributed by atoms with E-state index >= 15 is 0 Å². The topological polar surface area (TPSA) is 44.8 Å².